The van der Waals surface area contributed by atoms with Gasteiger partial charge >= 0.3 is 0 Å². The number of halogens is 1. The Kier molecular flexibility index (Phi) is 4.96. The Labute approximate surface area is 120 Å². The van der Waals surface area contributed by atoms with Crippen molar-refractivity contribution in [3.8, 4) is 0 Å². The van der Waals surface area contributed by atoms with Gasteiger partial charge in [-0.1, -0.05) is 0 Å². The molecule has 2 rings (SSSR count). The van der Waals surface area contributed by atoms with E-state index in [4.69, 9.17) is 0 Å². The number of thioether (sulfide) groups is 1. The van der Waals surface area contributed by atoms with Gasteiger partial charge in [-0.05, 0) is 38.1 Å². The number of thiazole rings is 1. The molecule has 0 fully saturated rings. The van der Waals surface area contributed by atoms with Gasteiger partial charge in [0.15, 0.2) is 0 Å². The molecule has 102 valence electrons. The van der Waals surface area contributed by atoms with E-state index in [0.29, 0.717) is 12.2 Å². The van der Waals surface area contributed by atoms with Crippen LogP contribution in [0.15, 0.2) is 29.2 Å². The Morgan fingerprint density at radius 1 is 1.32 bits per heavy atom. The van der Waals surface area contributed by atoms with Gasteiger partial charge in [-0.2, -0.15) is 0 Å². The van der Waals surface area contributed by atoms with E-state index in [0.717, 1.165) is 15.6 Å². The van der Waals surface area contributed by atoms with Crippen LogP contribution in [-0.2, 0) is 6.42 Å². The second kappa shape index (κ2) is 6.50. The minimum atomic E-state index is -0.431. The summed E-state index contributed by atoms with van der Waals surface area (Å²) in [4.78, 5) is 6.58. The molecular formula is C14H16FNOS2. The van der Waals surface area contributed by atoms with Crippen LogP contribution in [0.3, 0.4) is 0 Å². The molecule has 1 aromatic carbocycles. The summed E-state index contributed by atoms with van der Waals surface area (Å²) in [6, 6.07) is 6.32. The lowest BCUT2D eigenvalue weighted by atomic mass is 10.3. The number of hydrogen-bond donors (Lipinski definition) is 1. The highest BCUT2D eigenvalue weighted by atomic mass is 32.2. The van der Waals surface area contributed by atoms with E-state index in [9.17, 15) is 9.50 Å². The van der Waals surface area contributed by atoms with Crippen molar-refractivity contribution >= 4 is 23.1 Å². The zero-order valence-corrected chi connectivity index (χ0v) is 12.5. The molecule has 2 nitrogen and oxygen atoms in total. The molecule has 1 unspecified atom stereocenters. The molecule has 1 heterocycles. The third-order valence-corrected chi connectivity index (χ3v) is 4.99. The van der Waals surface area contributed by atoms with E-state index in [1.165, 1.54) is 28.8 Å². The van der Waals surface area contributed by atoms with Gasteiger partial charge in [0.2, 0.25) is 0 Å². The maximum Gasteiger partial charge on any atom is 0.123 e. The number of aromatic nitrogens is 1. The first-order valence-corrected chi connectivity index (χ1v) is 7.84. The van der Waals surface area contributed by atoms with E-state index >= 15 is 0 Å². The number of benzene rings is 1. The molecule has 1 aromatic heterocycles. The van der Waals surface area contributed by atoms with Gasteiger partial charge in [0.1, 0.15) is 5.82 Å². The summed E-state index contributed by atoms with van der Waals surface area (Å²) in [6.45, 7) is 4.02. The lowest BCUT2D eigenvalue weighted by molar-refractivity contribution is 0.200. The molecule has 0 saturated heterocycles. The Morgan fingerprint density at radius 3 is 2.58 bits per heavy atom. The fourth-order valence-electron chi connectivity index (χ4n) is 1.61. The second-order valence-electron chi connectivity index (χ2n) is 4.37. The topological polar surface area (TPSA) is 33.1 Å². The lowest BCUT2D eigenvalue weighted by Crippen LogP contribution is -2.13. The molecule has 0 amide bonds. The van der Waals surface area contributed by atoms with Crippen LogP contribution in [0.1, 0.15) is 15.6 Å². The summed E-state index contributed by atoms with van der Waals surface area (Å²) in [7, 11) is 0. The van der Waals surface area contributed by atoms with Crippen LogP contribution in [-0.4, -0.2) is 21.9 Å². The zero-order valence-electron chi connectivity index (χ0n) is 10.9. The molecular weight excluding hydrogens is 281 g/mol. The van der Waals surface area contributed by atoms with Crippen LogP contribution >= 0.6 is 23.1 Å². The van der Waals surface area contributed by atoms with Crippen molar-refractivity contribution in [2.24, 2.45) is 0 Å². The van der Waals surface area contributed by atoms with E-state index in [2.05, 4.69) is 4.98 Å². The summed E-state index contributed by atoms with van der Waals surface area (Å²) >= 11 is 3.16. The molecule has 0 bridgehead atoms. The monoisotopic (exact) mass is 297 g/mol. The van der Waals surface area contributed by atoms with E-state index < -0.39 is 6.10 Å². The predicted molar refractivity (Wildman–Crippen MR) is 78.4 cm³/mol. The van der Waals surface area contributed by atoms with Crippen LogP contribution in [0, 0.1) is 19.7 Å². The van der Waals surface area contributed by atoms with Crippen molar-refractivity contribution in [2.75, 3.05) is 5.75 Å². The maximum atomic E-state index is 12.7. The first-order valence-electron chi connectivity index (χ1n) is 6.04. The first-order chi connectivity index (χ1) is 9.04. The van der Waals surface area contributed by atoms with Crippen molar-refractivity contribution in [1.82, 2.24) is 4.98 Å². The summed E-state index contributed by atoms with van der Waals surface area (Å²) < 4.78 is 12.7. The molecule has 0 aliphatic heterocycles. The molecule has 19 heavy (non-hydrogen) atoms. The van der Waals surface area contributed by atoms with E-state index in [-0.39, 0.29) is 5.82 Å². The molecule has 1 N–H and O–H groups in total. The van der Waals surface area contributed by atoms with Gasteiger partial charge in [-0.3, -0.25) is 0 Å². The molecule has 1 atom stereocenters. The molecule has 0 aliphatic carbocycles. The third kappa shape index (κ3) is 4.30. The van der Waals surface area contributed by atoms with Gasteiger partial charge < -0.3 is 5.11 Å². The summed E-state index contributed by atoms with van der Waals surface area (Å²) in [6.07, 6.45) is 0.146. The molecule has 5 heteroatoms. The summed E-state index contributed by atoms with van der Waals surface area (Å²) in [5.41, 5.74) is 1.04. The Balaban J connectivity index is 1.84. The second-order valence-corrected chi connectivity index (χ2v) is 6.75. The number of aryl methyl sites for hydroxylation is 2. The smallest absolute Gasteiger partial charge is 0.123 e. The van der Waals surface area contributed by atoms with Gasteiger partial charge in [0.05, 0.1) is 16.8 Å². The minimum absolute atomic E-state index is 0.237. The number of hydrogen-bond acceptors (Lipinski definition) is 4. The van der Waals surface area contributed by atoms with Gasteiger partial charge in [0.25, 0.3) is 0 Å². The molecule has 2 aromatic rings. The average molecular weight is 297 g/mol. The lowest BCUT2D eigenvalue weighted by Gasteiger charge is -2.08. The SMILES string of the molecule is Cc1nc(CC(O)CSc2ccc(F)cc2)sc1C. The number of nitrogens with zero attached hydrogens (tertiary/aromatic N) is 1. The van der Waals surface area contributed by atoms with E-state index in [1.807, 2.05) is 13.8 Å². The van der Waals surface area contributed by atoms with Crippen molar-refractivity contribution in [2.45, 2.75) is 31.3 Å². The van der Waals surface area contributed by atoms with Crippen LogP contribution in [0.25, 0.3) is 0 Å². The van der Waals surface area contributed by atoms with E-state index in [1.54, 1.807) is 23.5 Å². The summed E-state index contributed by atoms with van der Waals surface area (Å²) in [5, 5.41) is 11.0. The highest BCUT2D eigenvalue weighted by molar-refractivity contribution is 7.99. The fourth-order valence-corrected chi connectivity index (χ4v) is 3.45. The summed E-state index contributed by atoms with van der Waals surface area (Å²) in [5.74, 6) is 0.349. The molecule has 0 saturated carbocycles. The number of aliphatic hydroxyl groups is 1. The predicted octanol–water partition coefficient (Wildman–Crippen LogP) is 3.59. The molecule has 0 radical (unpaired) electrons. The maximum absolute atomic E-state index is 12.7. The van der Waals surface area contributed by atoms with Crippen LogP contribution < -0.4 is 0 Å². The normalized spacial score (nSPS) is 12.6. The number of rotatable bonds is 5. The highest BCUT2D eigenvalue weighted by Gasteiger charge is 2.11. The third-order valence-electron chi connectivity index (χ3n) is 2.74. The zero-order chi connectivity index (χ0) is 13.8. The molecule has 0 aliphatic rings. The van der Waals surface area contributed by atoms with Gasteiger partial charge in [-0.25, -0.2) is 9.37 Å². The first kappa shape index (κ1) is 14.5. The van der Waals surface area contributed by atoms with Crippen molar-refractivity contribution in [3.05, 3.63) is 45.7 Å². The van der Waals surface area contributed by atoms with Gasteiger partial charge in [0, 0.05) is 21.9 Å². The van der Waals surface area contributed by atoms with Crippen LogP contribution in [0.5, 0.6) is 0 Å². The molecule has 0 spiro atoms. The van der Waals surface area contributed by atoms with Crippen LogP contribution in [0.2, 0.25) is 0 Å². The average Bonchev–Trinajstić information content (AvgIpc) is 2.67. The van der Waals surface area contributed by atoms with Crippen molar-refractivity contribution in [3.63, 3.8) is 0 Å². The fraction of sp³-hybridized carbons (Fsp3) is 0.357. The van der Waals surface area contributed by atoms with Gasteiger partial charge in [-0.15, -0.1) is 23.1 Å². The number of aliphatic hydroxyl groups excluding tert-OH is 1. The Hall–Kier alpha value is -0.910. The van der Waals surface area contributed by atoms with Crippen molar-refractivity contribution < 1.29 is 9.50 Å². The largest absolute Gasteiger partial charge is 0.392 e. The van der Waals surface area contributed by atoms with Crippen LogP contribution in [0.4, 0.5) is 4.39 Å². The van der Waals surface area contributed by atoms with Crippen molar-refractivity contribution in [1.29, 1.82) is 0 Å². The minimum Gasteiger partial charge on any atom is -0.392 e. The highest BCUT2D eigenvalue weighted by Crippen LogP contribution is 2.22. The standard InChI is InChI=1S/C14H16FNOS2/c1-9-10(2)19-14(16-9)7-12(17)8-18-13-5-3-11(15)4-6-13/h3-6,12,17H,7-8H2,1-2H3. The Morgan fingerprint density at radius 2 is 2.00 bits per heavy atom. The Bertz CT molecular complexity index is 519. The quantitative estimate of drug-likeness (QED) is 0.856.